The van der Waals surface area contributed by atoms with Gasteiger partial charge < -0.3 is 10.5 Å². The van der Waals surface area contributed by atoms with Gasteiger partial charge in [-0.2, -0.15) is 0 Å². The number of rotatable bonds is 4. The fraction of sp³-hybridized carbons (Fsp3) is 0.500. The lowest BCUT2D eigenvalue weighted by molar-refractivity contribution is -0.00515. The minimum atomic E-state index is -0.0394. The Bertz CT molecular complexity index is 312. The molecule has 1 aromatic rings. The van der Waals surface area contributed by atoms with E-state index in [0.717, 1.165) is 10.0 Å². The third-order valence-electron chi connectivity index (χ3n) is 2.07. The summed E-state index contributed by atoms with van der Waals surface area (Å²) in [6.07, 6.45) is 0.141. The highest BCUT2D eigenvalue weighted by molar-refractivity contribution is 9.10. The van der Waals surface area contributed by atoms with Crippen LogP contribution in [0, 0.1) is 0 Å². The zero-order valence-corrected chi connectivity index (χ0v) is 11.0. The van der Waals surface area contributed by atoms with Crippen molar-refractivity contribution in [1.82, 2.24) is 0 Å². The monoisotopic (exact) mass is 271 g/mol. The molecule has 1 rings (SSSR count). The van der Waals surface area contributed by atoms with E-state index in [0.29, 0.717) is 0 Å². The van der Waals surface area contributed by atoms with Gasteiger partial charge in [0.1, 0.15) is 0 Å². The molecule has 0 saturated carbocycles. The average Bonchev–Trinajstić information content (AvgIpc) is 2.13. The van der Waals surface area contributed by atoms with Crippen molar-refractivity contribution in [2.24, 2.45) is 5.73 Å². The van der Waals surface area contributed by atoms with Crippen LogP contribution in [0.25, 0.3) is 0 Å². The maximum Gasteiger partial charge on any atom is 0.0976 e. The number of benzene rings is 1. The Morgan fingerprint density at radius 2 is 1.93 bits per heavy atom. The van der Waals surface area contributed by atoms with E-state index in [2.05, 4.69) is 22.0 Å². The van der Waals surface area contributed by atoms with Crippen LogP contribution in [0.1, 0.15) is 32.4 Å². The van der Waals surface area contributed by atoms with Gasteiger partial charge in [0.2, 0.25) is 0 Å². The summed E-state index contributed by atoms with van der Waals surface area (Å²) in [7, 11) is 0. The van der Waals surface area contributed by atoms with E-state index in [1.807, 2.05) is 39.0 Å². The van der Waals surface area contributed by atoms with Crippen LogP contribution >= 0.6 is 15.9 Å². The van der Waals surface area contributed by atoms with Crippen molar-refractivity contribution in [3.63, 3.8) is 0 Å². The van der Waals surface area contributed by atoms with E-state index in [4.69, 9.17) is 10.5 Å². The van der Waals surface area contributed by atoms with Crippen molar-refractivity contribution < 1.29 is 4.74 Å². The lowest BCUT2D eigenvalue weighted by Gasteiger charge is -2.24. The molecule has 0 bridgehead atoms. The van der Waals surface area contributed by atoms with Crippen LogP contribution in [0.15, 0.2) is 28.7 Å². The van der Waals surface area contributed by atoms with E-state index >= 15 is 0 Å². The van der Waals surface area contributed by atoms with Crippen molar-refractivity contribution in [3.8, 4) is 0 Å². The summed E-state index contributed by atoms with van der Waals surface area (Å²) in [6.45, 7) is 6.01. The highest BCUT2D eigenvalue weighted by Crippen LogP contribution is 2.24. The first kappa shape index (κ1) is 12.7. The molecule has 84 valence electrons. The van der Waals surface area contributed by atoms with Gasteiger partial charge in [0.15, 0.2) is 0 Å². The van der Waals surface area contributed by atoms with Crippen LogP contribution < -0.4 is 5.73 Å². The average molecular weight is 272 g/mol. The van der Waals surface area contributed by atoms with E-state index < -0.39 is 0 Å². The van der Waals surface area contributed by atoms with Gasteiger partial charge in [-0.1, -0.05) is 28.1 Å². The second kappa shape index (κ2) is 5.64. The second-order valence-corrected chi connectivity index (χ2v) is 4.94. The molecular weight excluding hydrogens is 254 g/mol. The van der Waals surface area contributed by atoms with Gasteiger partial charge in [-0.25, -0.2) is 0 Å². The van der Waals surface area contributed by atoms with Crippen molar-refractivity contribution in [2.75, 3.05) is 0 Å². The topological polar surface area (TPSA) is 35.2 Å². The third-order valence-corrected chi connectivity index (χ3v) is 2.57. The Labute approximate surface area is 99.9 Å². The molecule has 2 nitrogen and oxygen atoms in total. The summed E-state index contributed by atoms with van der Waals surface area (Å²) >= 11 is 3.45. The molecule has 1 aromatic carbocycles. The van der Waals surface area contributed by atoms with Crippen molar-refractivity contribution in [3.05, 3.63) is 34.3 Å². The molecule has 0 aliphatic rings. The second-order valence-electron chi connectivity index (χ2n) is 4.02. The van der Waals surface area contributed by atoms with Crippen LogP contribution in [0.4, 0.5) is 0 Å². The highest BCUT2D eigenvalue weighted by atomic mass is 79.9. The van der Waals surface area contributed by atoms with Crippen molar-refractivity contribution in [1.29, 1.82) is 0 Å². The van der Waals surface area contributed by atoms with Gasteiger partial charge in [-0.05, 0) is 38.5 Å². The molecule has 15 heavy (non-hydrogen) atoms. The number of hydrogen-bond donors (Lipinski definition) is 1. The molecular formula is C12H18BrNO. The largest absolute Gasteiger partial charge is 0.369 e. The molecule has 0 heterocycles. The Kier molecular flexibility index (Phi) is 4.77. The molecule has 0 saturated heterocycles. The molecule has 0 radical (unpaired) electrons. The number of ether oxygens (including phenoxy) is 1. The fourth-order valence-electron chi connectivity index (χ4n) is 1.48. The molecule has 3 heteroatoms. The minimum absolute atomic E-state index is 0.0123. The summed E-state index contributed by atoms with van der Waals surface area (Å²) in [5.74, 6) is 0. The first-order valence-corrected chi connectivity index (χ1v) is 5.96. The van der Waals surface area contributed by atoms with Crippen molar-refractivity contribution >= 4 is 15.9 Å². The SMILES string of the molecule is CC(C)OC(c1cccc(Br)c1)C(C)N. The van der Waals surface area contributed by atoms with Gasteiger partial charge in [0.05, 0.1) is 12.2 Å². The van der Waals surface area contributed by atoms with Gasteiger partial charge in [0.25, 0.3) is 0 Å². The Morgan fingerprint density at radius 3 is 2.40 bits per heavy atom. The Hall–Kier alpha value is -0.380. The van der Waals surface area contributed by atoms with Crippen LogP contribution in [0.3, 0.4) is 0 Å². The molecule has 2 atom stereocenters. The molecule has 0 aromatic heterocycles. The third kappa shape index (κ3) is 3.93. The minimum Gasteiger partial charge on any atom is -0.369 e. The summed E-state index contributed by atoms with van der Waals surface area (Å²) in [4.78, 5) is 0. The lowest BCUT2D eigenvalue weighted by Crippen LogP contribution is -2.28. The van der Waals surface area contributed by atoms with E-state index in [1.165, 1.54) is 0 Å². The Morgan fingerprint density at radius 1 is 1.27 bits per heavy atom. The summed E-state index contributed by atoms with van der Waals surface area (Å²) < 4.78 is 6.86. The molecule has 2 N–H and O–H groups in total. The highest BCUT2D eigenvalue weighted by Gasteiger charge is 2.18. The van der Waals surface area contributed by atoms with Crippen LogP contribution in [0.2, 0.25) is 0 Å². The predicted molar refractivity (Wildman–Crippen MR) is 66.8 cm³/mol. The van der Waals surface area contributed by atoms with Gasteiger partial charge in [0, 0.05) is 10.5 Å². The summed E-state index contributed by atoms with van der Waals surface area (Å²) in [5.41, 5.74) is 7.05. The summed E-state index contributed by atoms with van der Waals surface area (Å²) in [6, 6.07) is 8.08. The lowest BCUT2D eigenvalue weighted by atomic mass is 10.0. The quantitative estimate of drug-likeness (QED) is 0.913. The number of nitrogens with two attached hydrogens (primary N) is 1. The molecule has 0 spiro atoms. The maximum absolute atomic E-state index is 5.93. The molecule has 0 fully saturated rings. The van der Waals surface area contributed by atoms with Gasteiger partial charge >= 0.3 is 0 Å². The zero-order chi connectivity index (χ0) is 11.4. The molecule has 0 aliphatic carbocycles. The number of halogens is 1. The van der Waals surface area contributed by atoms with E-state index in [9.17, 15) is 0 Å². The zero-order valence-electron chi connectivity index (χ0n) is 9.41. The van der Waals surface area contributed by atoms with E-state index in [1.54, 1.807) is 0 Å². The predicted octanol–water partition coefficient (Wildman–Crippen LogP) is 3.26. The van der Waals surface area contributed by atoms with Gasteiger partial charge in [-0.15, -0.1) is 0 Å². The fourth-order valence-corrected chi connectivity index (χ4v) is 1.90. The van der Waals surface area contributed by atoms with Crippen LogP contribution in [-0.2, 0) is 4.74 Å². The first-order valence-electron chi connectivity index (χ1n) is 5.17. The van der Waals surface area contributed by atoms with Gasteiger partial charge in [-0.3, -0.25) is 0 Å². The van der Waals surface area contributed by atoms with E-state index in [-0.39, 0.29) is 18.2 Å². The smallest absolute Gasteiger partial charge is 0.0976 e. The van der Waals surface area contributed by atoms with Crippen molar-refractivity contribution in [2.45, 2.75) is 39.0 Å². The summed E-state index contributed by atoms with van der Waals surface area (Å²) in [5, 5.41) is 0. The maximum atomic E-state index is 5.93. The first-order chi connectivity index (χ1) is 7.00. The van der Waals surface area contributed by atoms with Crippen LogP contribution in [-0.4, -0.2) is 12.1 Å². The normalized spacial score (nSPS) is 15.3. The molecule has 2 unspecified atom stereocenters. The molecule has 0 amide bonds. The Balaban J connectivity index is 2.88. The molecule has 0 aliphatic heterocycles. The number of hydrogen-bond acceptors (Lipinski definition) is 2. The standard InChI is InChI=1S/C12H18BrNO/c1-8(2)15-12(9(3)14)10-5-4-6-11(13)7-10/h4-9,12H,14H2,1-3H3. The van der Waals surface area contributed by atoms with Crippen LogP contribution in [0.5, 0.6) is 0 Å².